The lowest BCUT2D eigenvalue weighted by Gasteiger charge is -2.37. The highest BCUT2D eigenvalue weighted by molar-refractivity contribution is 9.10. The smallest absolute Gasteiger partial charge is 0.254 e. The van der Waals surface area contributed by atoms with Gasteiger partial charge in [-0.15, -0.1) is 0 Å². The molecule has 1 saturated heterocycles. The standard InChI is InChI=1S/C26H20BrN3O3/c27-21-9-14(5-8-22(21)33-13-16-4-2-1-3-15(16)11-28)12-29-30-25(31)23-17-6-7-18(20-10-19(17)20)24(23)26(30)32/h1-9,12,17-20,23-24H,10,13H2/b29-12-/t17-,18-,19-,20+,23-,24+/m0/s1. The molecule has 33 heavy (non-hydrogen) atoms. The van der Waals surface area contributed by atoms with Gasteiger partial charge < -0.3 is 4.74 Å². The number of carbonyl (C=O) groups excluding carboxylic acids is 2. The lowest BCUT2D eigenvalue weighted by Crippen LogP contribution is -2.40. The molecule has 1 aliphatic heterocycles. The van der Waals surface area contributed by atoms with Crippen molar-refractivity contribution in [2.45, 2.75) is 13.0 Å². The molecule has 2 saturated carbocycles. The van der Waals surface area contributed by atoms with Crippen molar-refractivity contribution in [3.63, 3.8) is 0 Å². The summed E-state index contributed by atoms with van der Waals surface area (Å²) in [7, 11) is 0. The molecule has 2 amide bonds. The van der Waals surface area contributed by atoms with Crippen LogP contribution in [0.25, 0.3) is 0 Å². The second-order valence-corrected chi connectivity index (χ2v) is 9.99. The van der Waals surface area contributed by atoms with E-state index in [1.807, 2.05) is 30.3 Å². The number of nitriles is 1. The van der Waals surface area contributed by atoms with E-state index in [4.69, 9.17) is 4.74 Å². The largest absolute Gasteiger partial charge is 0.488 e. The number of halogens is 1. The third-order valence-corrected chi connectivity index (χ3v) is 8.06. The second-order valence-electron chi connectivity index (χ2n) is 9.13. The van der Waals surface area contributed by atoms with Crippen LogP contribution in [0.2, 0.25) is 0 Å². The quantitative estimate of drug-likeness (QED) is 0.347. The maximum Gasteiger partial charge on any atom is 0.254 e. The molecule has 7 rings (SSSR count). The van der Waals surface area contributed by atoms with E-state index in [2.05, 4.69) is 39.3 Å². The molecule has 6 atom stereocenters. The highest BCUT2D eigenvalue weighted by Crippen LogP contribution is 2.65. The first-order valence-electron chi connectivity index (χ1n) is 11.1. The van der Waals surface area contributed by atoms with Gasteiger partial charge in [-0.25, -0.2) is 0 Å². The molecule has 4 aliphatic carbocycles. The van der Waals surface area contributed by atoms with Gasteiger partial charge >= 0.3 is 0 Å². The fourth-order valence-corrected chi connectivity index (χ4v) is 6.32. The molecule has 0 N–H and O–H groups in total. The van der Waals surface area contributed by atoms with Crippen LogP contribution in [-0.4, -0.2) is 23.0 Å². The van der Waals surface area contributed by atoms with Gasteiger partial charge in [0.15, 0.2) is 0 Å². The maximum atomic E-state index is 13.0. The molecular weight excluding hydrogens is 482 g/mol. The summed E-state index contributed by atoms with van der Waals surface area (Å²) in [5, 5.41) is 14.6. The summed E-state index contributed by atoms with van der Waals surface area (Å²) in [6.07, 6.45) is 7.00. The molecule has 2 aromatic rings. The molecule has 2 aromatic carbocycles. The minimum absolute atomic E-state index is 0.166. The molecule has 7 heteroatoms. The van der Waals surface area contributed by atoms with Crippen molar-refractivity contribution in [3.05, 3.63) is 75.8 Å². The average Bonchev–Trinajstić information content (AvgIpc) is 3.62. The molecular formula is C26H20BrN3O3. The van der Waals surface area contributed by atoms with Gasteiger partial charge in [-0.05, 0) is 75.9 Å². The molecule has 0 spiro atoms. The summed E-state index contributed by atoms with van der Waals surface area (Å²) in [4.78, 5) is 26.0. The van der Waals surface area contributed by atoms with Gasteiger partial charge in [0.1, 0.15) is 12.4 Å². The number of allylic oxidation sites excluding steroid dienone is 2. The van der Waals surface area contributed by atoms with E-state index in [1.165, 1.54) is 0 Å². The lowest BCUT2D eigenvalue weighted by atomic mass is 9.63. The summed E-state index contributed by atoms with van der Waals surface area (Å²) in [6.45, 7) is 0.272. The van der Waals surface area contributed by atoms with Crippen molar-refractivity contribution in [1.82, 2.24) is 5.01 Å². The molecule has 1 heterocycles. The first-order chi connectivity index (χ1) is 16.1. The number of imide groups is 1. The van der Waals surface area contributed by atoms with Crippen molar-refractivity contribution in [3.8, 4) is 11.8 Å². The minimum Gasteiger partial charge on any atom is -0.488 e. The maximum absolute atomic E-state index is 13.0. The number of carbonyl (C=O) groups is 2. The Morgan fingerprint density at radius 2 is 1.79 bits per heavy atom. The highest BCUT2D eigenvalue weighted by atomic mass is 79.9. The van der Waals surface area contributed by atoms with E-state index in [9.17, 15) is 14.9 Å². The Morgan fingerprint density at radius 3 is 2.45 bits per heavy atom. The number of ether oxygens (including phenoxy) is 1. The Labute approximate surface area is 199 Å². The van der Waals surface area contributed by atoms with Gasteiger partial charge in [0.2, 0.25) is 0 Å². The van der Waals surface area contributed by atoms with Crippen LogP contribution in [0.5, 0.6) is 5.75 Å². The zero-order chi connectivity index (χ0) is 22.7. The number of hydrogen-bond donors (Lipinski definition) is 0. The predicted molar refractivity (Wildman–Crippen MR) is 124 cm³/mol. The topological polar surface area (TPSA) is 82.8 Å². The van der Waals surface area contributed by atoms with Crippen molar-refractivity contribution in [2.75, 3.05) is 0 Å². The zero-order valence-corrected chi connectivity index (χ0v) is 19.2. The van der Waals surface area contributed by atoms with Crippen LogP contribution in [-0.2, 0) is 16.2 Å². The van der Waals surface area contributed by atoms with Gasteiger partial charge in [-0.2, -0.15) is 15.4 Å². The molecule has 0 unspecified atom stereocenters. The van der Waals surface area contributed by atoms with Gasteiger partial charge in [0.25, 0.3) is 11.8 Å². The van der Waals surface area contributed by atoms with Crippen LogP contribution >= 0.6 is 15.9 Å². The fraction of sp³-hybridized carbons (Fsp3) is 0.308. The Kier molecular flexibility index (Phi) is 4.73. The Balaban J connectivity index is 1.16. The molecule has 0 radical (unpaired) electrons. The fourth-order valence-electron chi connectivity index (χ4n) is 5.80. The number of benzene rings is 2. The third-order valence-electron chi connectivity index (χ3n) is 7.44. The van der Waals surface area contributed by atoms with E-state index in [0.717, 1.165) is 27.0 Å². The molecule has 2 bridgehead atoms. The molecule has 0 aromatic heterocycles. The summed E-state index contributed by atoms with van der Waals surface area (Å²) in [5.41, 5.74) is 2.14. The van der Waals surface area contributed by atoms with Crippen molar-refractivity contribution in [2.24, 2.45) is 40.6 Å². The number of amides is 2. The van der Waals surface area contributed by atoms with Crippen LogP contribution in [0.4, 0.5) is 0 Å². The van der Waals surface area contributed by atoms with E-state index in [0.29, 0.717) is 23.1 Å². The second kappa shape index (κ2) is 7.67. The summed E-state index contributed by atoms with van der Waals surface area (Å²) >= 11 is 3.51. The first-order valence-corrected chi connectivity index (χ1v) is 11.9. The zero-order valence-electron chi connectivity index (χ0n) is 17.6. The summed E-state index contributed by atoms with van der Waals surface area (Å²) < 4.78 is 6.59. The first kappa shape index (κ1) is 20.4. The molecule has 6 nitrogen and oxygen atoms in total. The highest BCUT2D eigenvalue weighted by Gasteiger charge is 2.67. The lowest BCUT2D eigenvalue weighted by molar-refractivity contribution is -0.140. The summed E-state index contributed by atoms with van der Waals surface area (Å²) in [5.74, 6) is 1.34. The SMILES string of the molecule is N#Cc1ccccc1COc1ccc(/C=N\N2C(=O)[C@@H]3[C@H]4C=C[C@@H]([C@@H]5C[C@H]45)[C@@H]3C2=O)cc1Br. The van der Waals surface area contributed by atoms with Crippen LogP contribution in [0.15, 0.2) is 64.2 Å². The van der Waals surface area contributed by atoms with Gasteiger partial charge in [0.05, 0.1) is 34.2 Å². The van der Waals surface area contributed by atoms with Crippen LogP contribution in [0.1, 0.15) is 23.1 Å². The normalized spacial score (nSPS) is 31.0. The monoisotopic (exact) mass is 501 g/mol. The number of nitrogens with zero attached hydrogens (tertiary/aromatic N) is 3. The number of hydrazone groups is 1. The molecule has 5 aliphatic rings. The Morgan fingerprint density at radius 1 is 1.09 bits per heavy atom. The van der Waals surface area contributed by atoms with Crippen molar-refractivity contribution >= 4 is 34.0 Å². The van der Waals surface area contributed by atoms with Gasteiger partial charge in [-0.1, -0.05) is 30.4 Å². The average molecular weight is 502 g/mol. The van der Waals surface area contributed by atoms with E-state index in [-0.39, 0.29) is 42.1 Å². The number of hydrogen-bond acceptors (Lipinski definition) is 5. The minimum atomic E-state index is -0.243. The van der Waals surface area contributed by atoms with Gasteiger partial charge in [-0.3, -0.25) is 9.59 Å². The Hall–Kier alpha value is -3.24. The van der Waals surface area contributed by atoms with Crippen molar-refractivity contribution < 1.29 is 14.3 Å². The molecule has 3 fully saturated rings. The predicted octanol–water partition coefficient (Wildman–Crippen LogP) is 4.29. The Bertz CT molecular complexity index is 1240. The third kappa shape index (κ3) is 3.24. The summed E-state index contributed by atoms with van der Waals surface area (Å²) in [6, 6.07) is 14.9. The number of rotatable bonds is 5. The van der Waals surface area contributed by atoms with E-state index >= 15 is 0 Å². The van der Waals surface area contributed by atoms with Crippen LogP contribution in [0, 0.1) is 46.8 Å². The van der Waals surface area contributed by atoms with Crippen LogP contribution < -0.4 is 4.74 Å². The molecule has 164 valence electrons. The van der Waals surface area contributed by atoms with E-state index in [1.54, 1.807) is 18.3 Å². The van der Waals surface area contributed by atoms with E-state index < -0.39 is 0 Å². The van der Waals surface area contributed by atoms with Crippen LogP contribution in [0.3, 0.4) is 0 Å². The van der Waals surface area contributed by atoms with Crippen molar-refractivity contribution in [1.29, 1.82) is 5.26 Å². The van der Waals surface area contributed by atoms with Gasteiger partial charge in [0, 0.05) is 5.56 Å².